The number of halogens is 1. The van der Waals surface area contributed by atoms with Gasteiger partial charge in [-0.2, -0.15) is 0 Å². The van der Waals surface area contributed by atoms with E-state index in [1.165, 1.54) is 6.21 Å². The summed E-state index contributed by atoms with van der Waals surface area (Å²) in [6.07, 6.45) is 5.55. The first-order valence-electron chi connectivity index (χ1n) is 9.79. The van der Waals surface area contributed by atoms with E-state index in [0.29, 0.717) is 10.8 Å². The van der Waals surface area contributed by atoms with Gasteiger partial charge in [0, 0.05) is 55.9 Å². The standard InChI is InChI=1S/C21H25ClN6O/c1-25-16-3-2-13(10-14(16)11-23)15-12-27-19(24)17(22)18(15)28-8-5-21(6-9-28)4-7-26-20(21)29/h2-3,10-12,23,25H,4-9H2,1H3,(H2,24,27)(H,26,29). The Morgan fingerprint density at radius 1 is 1.34 bits per heavy atom. The van der Waals surface area contributed by atoms with Crippen molar-refractivity contribution in [2.45, 2.75) is 19.3 Å². The van der Waals surface area contributed by atoms with E-state index >= 15 is 0 Å². The van der Waals surface area contributed by atoms with Gasteiger partial charge in [0.05, 0.1) is 11.1 Å². The van der Waals surface area contributed by atoms with E-state index < -0.39 is 0 Å². The molecule has 2 aliphatic rings. The molecule has 4 rings (SSSR count). The number of nitrogens with zero attached hydrogens (tertiary/aromatic N) is 2. The molecule has 0 unspecified atom stereocenters. The number of benzene rings is 1. The molecule has 1 spiro atoms. The highest BCUT2D eigenvalue weighted by atomic mass is 35.5. The van der Waals surface area contributed by atoms with Crippen molar-refractivity contribution in [2.24, 2.45) is 5.41 Å². The van der Waals surface area contributed by atoms with Gasteiger partial charge in [0.1, 0.15) is 10.8 Å². The molecular weight excluding hydrogens is 388 g/mol. The van der Waals surface area contributed by atoms with Gasteiger partial charge in [-0.1, -0.05) is 17.7 Å². The third kappa shape index (κ3) is 3.29. The summed E-state index contributed by atoms with van der Waals surface area (Å²) < 4.78 is 0. The van der Waals surface area contributed by atoms with Crippen molar-refractivity contribution in [1.82, 2.24) is 10.3 Å². The van der Waals surface area contributed by atoms with Crippen LogP contribution in [-0.4, -0.2) is 43.8 Å². The lowest BCUT2D eigenvalue weighted by Gasteiger charge is -2.39. The molecule has 5 N–H and O–H groups in total. The number of nitrogens with one attached hydrogen (secondary N) is 3. The fourth-order valence-corrected chi connectivity index (χ4v) is 4.71. The van der Waals surface area contributed by atoms with Gasteiger partial charge in [-0.25, -0.2) is 4.98 Å². The number of hydrogen-bond donors (Lipinski definition) is 4. The van der Waals surface area contributed by atoms with Gasteiger partial charge in [0.2, 0.25) is 5.91 Å². The van der Waals surface area contributed by atoms with E-state index in [4.69, 9.17) is 22.7 Å². The van der Waals surface area contributed by atoms with E-state index in [0.717, 1.165) is 67.0 Å². The zero-order chi connectivity index (χ0) is 20.6. The predicted octanol–water partition coefficient (Wildman–Crippen LogP) is 3.13. The second-order valence-electron chi connectivity index (χ2n) is 7.69. The molecule has 2 fully saturated rings. The number of nitrogen functional groups attached to an aromatic ring is 1. The Labute approximate surface area is 175 Å². The maximum absolute atomic E-state index is 12.3. The van der Waals surface area contributed by atoms with Gasteiger partial charge in [-0.3, -0.25) is 4.79 Å². The molecule has 2 aromatic rings. The minimum atomic E-state index is -0.247. The number of pyridine rings is 1. The van der Waals surface area contributed by atoms with Crippen LogP contribution in [0.15, 0.2) is 24.4 Å². The number of piperidine rings is 1. The summed E-state index contributed by atoms with van der Waals surface area (Å²) in [6, 6.07) is 5.88. The molecule has 8 heteroatoms. The molecule has 0 bridgehead atoms. The van der Waals surface area contributed by atoms with Crippen LogP contribution in [0.4, 0.5) is 17.2 Å². The van der Waals surface area contributed by atoms with Gasteiger partial charge in [-0.15, -0.1) is 0 Å². The Kier molecular flexibility index (Phi) is 5.08. The molecule has 0 aliphatic carbocycles. The van der Waals surface area contributed by atoms with Crippen molar-refractivity contribution in [1.29, 1.82) is 5.41 Å². The zero-order valence-electron chi connectivity index (χ0n) is 16.4. The van der Waals surface area contributed by atoms with Crippen LogP contribution in [0, 0.1) is 10.8 Å². The molecule has 1 aromatic carbocycles. The molecule has 1 aromatic heterocycles. The van der Waals surface area contributed by atoms with Crippen LogP contribution in [0.3, 0.4) is 0 Å². The summed E-state index contributed by atoms with van der Waals surface area (Å²) in [5, 5.41) is 14.2. The van der Waals surface area contributed by atoms with E-state index in [-0.39, 0.29) is 11.3 Å². The van der Waals surface area contributed by atoms with Crippen LogP contribution in [0.1, 0.15) is 24.8 Å². The number of amides is 1. The Bertz CT molecular complexity index is 968. The molecule has 1 amide bonds. The fourth-order valence-electron chi connectivity index (χ4n) is 4.44. The second-order valence-corrected chi connectivity index (χ2v) is 8.07. The van der Waals surface area contributed by atoms with Crippen LogP contribution in [0.5, 0.6) is 0 Å². The Hall–Kier alpha value is -2.80. The van der Waals surface area contributed by atoms with Crippen LogP contribution in [-0.2, 0) is 4.79 Å². The van der Waals surface area contributed by atoms with Crippen molar-refractivity contribution >= 4 is 40.9 Å². The van der Waals surface area contributed by atoms with Crippen LogP contribution in [0.25, 0.3) is 11.1 Å². The number of aromatic nitrogens is 1. The molecule has 0 radical (unpaired) electrons. The lowest BCUT2D eigenvalue weighted by molar-refractivity contribution is -0.128. The van der Waals surface area contributed by atoms with Gasteiger partial charge >= 0.3 is 0 Å². The molecule has 2 aliphatic heterocycles. The summed E-state index contributed by atoms with van der Waals surface area (Å²) in [5.41, 5.74) is 10.1. The van der Waals surface area contributed by atoms with Gasteiger partial charge in [0.15, 0.2) is 0 Å². The molecular formula is C21H25ClN6O. The summed E-state index contributed by atoms with van der Waals surface area (Å²) in [6.45, 7) is 2.22. The zero-order valence-corrected chi connectivity index (χ0v) is 17.1. The highest BCUT2D eigenvalue weighted by Crippen LogP contribution is 2.44. The second kappa shape index (κ2) is 7.55. The van der Waals surface area contributed by atoms with Gasteiger partial charge < -0.3 is 26.7 Å². The third-order valence-electron chi connectivity index (χ3n) is 6.22. The SMILES string of the molecule is CNc1ccc(-c2cnc(N)c(Cl)c2N2CCC3(CCNC3=O)CC2)cc1C=N. The Morgan fingerprint density at radius 3 is 2.72 bits per heavy atom. The molecule has 0 saturated carbocycles. The fraction of sp³-hybridized carbons (Fsp3) is 0.381. The number of carbonyl (C=O) groups is 1. The summed E-state index contributed by atoms with van der Waals surface area (Å²) in [4.78, 5) is 18.8. The Morgan fingerprint density at radius 2 is 2.10 bits per heavy atom. The number of hydrogen-bond acceptors (Lipinski definition) is 6. The van der Waals surface area contributed by atoms with E-state index in [1.54, 1.807) is 6.20 Å². The molecule has 29 heavy (non-hydrogen) atoms. The van der Waals surface area contributed by atoms with Gasteiger partial charge in [-0.05, 0) is 37.0 Å². The highest BCUT2D eigenvalue weighted by molar-refractivity contribution is 6.36. The normalized spacial score (nSPS) is 18.0. The van der Waals surface area contributed by atoms with Crippen molar-refractivity contribution in [2.75, 3.05) is 42.6 Å². The largest absolute Gasteiger partial charge is 0.388 e. The first kappa shape index (κ1) is 19.5. The van der Waals surface area contributed by atoms with Gasteiger partial charge in [0.25, 0.3) is 0 Å². The molecule has 2 saturated heterocycles. The third-order valence-corrected chi connectivity index (χ3v) is 6.59. The molecule has 0 atom stereocenters. The molecule has 152 valence electrons. The summed E-state index contributed by atoms with van der Waals surface area (Å²) in [5.74, 6) is 0.472. The summed E-state index contributed by atoms with van der Waals surface area (Å²) in [7, 11) is 1.83. The highest BCUT2D eigenvalue weighted by Gasteiger charge is 2.44. The van der Waals surface area contributed by atoms with E-state index in [9.17, 15) is 4.79 Å². The van der Waals surface area contributed by atoms with E-state index in [1.807, 2.05) is 25.2 Å². The Balaban J connectivity index is 1.72. The van der Waals surface area contributed by atoms with Crippen molar-refractivity contribution < 1.29 is 4.79 Å². The van der Waals surface area contributed by atoms with Crippen molar-refractivity contribution in [3.63, 3.8) is 0 Å². The van der Waals surface area contributed by atoms with Crippen LogP contribution in [0.2, 0.25) is 5.02 Å². The topological polar surface area (TPSA) is 107 Å². The first-order chi connectivity index (χ1) is 14.0. The minimum absolute atomic E-state index is 0.177. The minimum Gasteiger partial charge on any atom is -0.388 e. The maximum Gasteiger partial charge on any atom is 0.226 e. The number of anilines is 3. The number of rotatable bonds is 4. The van der Waals surface area contributed by atoms with Crippen molar-refractivity contribution in [3.05, 3.63) is 35.0 Å². The maximum atomic E-state index is 12.3. The average Bonchev–Trinajstić information content (AvgIpc) is 3.10. The lowest BCUT2D eigenvalue weighted by atomic mass is 9.77. The smallest absolute Gasteiger partial charge is 0.226 e. The molecule has 3 heterocycles. The predicted molar refractivity (Wildman–Crippen MR) is 118 cm³/mol. The average molecular weight is 413 g/mol. The van der Waals surface area contributed by atoms with Crippen LogP contribution < -0.4 is 21.3 Å². The summed E-state index contributed by atoms with van der Waals surface area (Å²) >= 11 is 6.63. The quantitative estimate of drug-likeness (QED) is 0.577. The lowest BCUT2D eigenvalue weighted by Crippen LogP contribution is -2.44. The van der Waals surface area contributed by atoms with Crippen LogP contribution >= 0.6 is 11.6 Å². The first-order valence-corrected chi connectivity index (χ1v) is 10.2. The molecule has 7 nitrogen and oxygen atoms in total. The monoisotopic (exact) mass is 412 g/mol. The van der Waals surface area contributed by atoms with Crippen molar-refractivity contribution in [3.8, 4) is 11.1 Å². The number of nitrogens with two attached hydrogens (primary N) is 1. The van der Waals surface area contributed by atoms with E-state index in [2.05, 4.69) is 20.5 Å². The number of carbonyl (C=O) groups excluding carboxylic acids is 1.